The first-order valence-corrected chi connectivity index (χ1v) is 10.7. The molecule has 1 saturated heterocycles. The van der Waals surface area contributed by atoms with Gasteiger partial charge in [0.1, 0.15) is 0 Å². The van der Waals surface area contributed by atoms with Crippen LogP contribution in [0.1, 0.15) is 84.5 Å². The smallest absolute Gasteiger partial charge is 0.0198 e. The number of rotatable bonds is 7. The minimum atomic E-state index is 0.754. The molecule has 3 aliphatic rings. The fourth-order valence-corrected chi connectivity index (χ4v) is 5.28. The van der Waals surface area contributed by atoms with Gasteiger partial charge in [0.25, 0.3) is 0 Å². The minimum absolute atomic E-state index is 0.754. The van der Waals surface area contributed by atoms with Gasteiger partial charge >= 0.3 is 0 Å². The Hall–Kier alpha value is -0.0800. The molecule has 0 bridgehead atoms. The molecule has 0 amide bonds. The average molecular weight is 321 g/mol. The highest BCUT2D eigenvalue weighted by molar-refractivity contribution is 4.90. The third-order valence-corrected chi connectivity index (χ3v) is 7.09. The summed E-state index contributed by atoms with van der Waals surface area (Å²) in [6, 6.07) is 1.58. The summed E-state index contributed by atoms with van der Waals surface area (Å²) in [7, 11) is 0. The van der Waals surface area contributed by atoms with Gasteiger partial charge < -0.3 is 5.32 Å². The first kappa shape index (κ1) is 17.7. The van der Waals surface area contributed by atoms with E-state index in [1.807, 2.05) is 0 Å². The van der Waals surface area contributed by atoms with Crippen molar-refractivity contribution in [3.8, 4) is 0 Å². The quantitative estimate of drug-likeness (QED) is 0.722. The Morgan fingerprint density at radius 2 is 1.74 bits per heavy atom. The van der Waals surface area contributed by atoms with Gasteiger partial charge in [-0.15, -0.1) is 0 Å². The van der Waals surface area contributed by atoms with Gasteiger partial charge in [0.2, 0.25) is 0 Å². The summed E-state index contributed by atoms with van der Waals surface area (Å²) in [4.78, 5) is 2.85. The highest BCUT2D eigenvalue weighted by atomic mass is 15.2. The molecule has 0 radical (unpaired) electrons. The second kappa shape index (κ2) is 8.85. The van der Waals surface area contributed by atoms with E-state index in [0.29, 0.717) is 0 Å². The van der Waals surface area contributed by atoms with Gasteiger partial charge in [-0.3, -0.25) is 4.90 Å². The monoisotopic (exact) mass is 320 g/mol. The zero-order valence-corrected chi connectivity index (χ0v) is 15.7. The van der Waals surface area contributed by atoms with Crippen molar-refractivity contribution in [2.24, 2.45) is 17.8 Å². The maximum absolute atomic E-state index is 4.00. The number of likely N-dealkylation sites (tertiary alicyclic amines) is 1. The van der Waals surface area contributed by atoms with E-state index < -0.39 is 0 Å². The molecule has 3 fully saturated rings. The highest BCUT2D eigenvalue weighted by Gasteiger charge is 2.34. The SMILES string of the molecule is CCCC1CC(NCC2CCCCC2)CN(C(C)C2CCC2)C1. The van der Waals surface area contributed by atoms with Crippen LogP contribution in [0.15, 0.2) is 0 Å². The topological polar surface area (TPSA) is 15.3 Å². The molecule has 3 atom stereocenters. The number of piperidine rings is 1. The van der Waals surface area contributed by atoms with Gasteiger partial charge in [-0.2, -0.15) is 0 Å². The Morgan fingerprint density at radius 3 is 2.39 bits per heavy atom. The Morgan fingerprint density at radius 1 is 0.957 bits per heavy atom. The summed E-state index contributed by atoms with van der Waals surface area (Å²) in [5.74, 6) is 2.89. The molecule has 2 aliphatic carbocycles. The molecule has 3 unspecified atom stereocenters. The maximum Gasteiger partial charge on any atom is 0.0198 e. The normalized spacial score (nSPS) is 32.6. The summed E-state index contributed by atoms with van der Waals surface area (Å²) in [6.45, 7) is 8.84. The van der Waals surface area contributed by atoms with Crippen molar-refractivity contribution in [1.82, 2.24) is 10.2 Å². The minimum Gasteiger partial charge on any atom is -0.312 e. The molecule has 3 rings (SSSR count). The van der Waals surface area contributed by atoms with Crippen molar-refractivity contribution in [3.05, 3.63) is 0 Å². The van der Waals surface area contributed by atoms with Crippen LogP contribution in [-0.2, 0) is 0 Å². The Kier molecular flexibility index (Phi) is 6.83. The van der Waals surface area contributed by atoms with Crippen molar-refractivity contribution in [2.75, 3.05) is 19.6 Å². The summed E-state index contributed by atoms with van der Waals surface area (Å²) < 4.78 is 0. The summed E-state index contributed by atoms with van der Waals surface area (Å²) in [5, 5.41) is 4.00. The fourth-order valence-electron chi connectivity index (χ4n) is 5.28. The molecule has 23 heavy (non-hydrogen) atoms. The van der Waals surface area contributed by atoms with Crippen LogP contribution in [0.5, 0.6) is 0 Å². The second-order valence-corrected chi connectivity index (χ2v) is 8.89. The van der Waals surface area contributed by atoms with Gasteiger partial charge in [0, 0.05) is 25.2 Å². The molecule has 1 heterocycles. The zero-order valence-electron chi connectivity index (χ0n) is 15.7. The number of nitrogens with one attached hydrogen (secondary N) is 1. The lowest BCUT2D eigenvalue weighted by Crippen LogP contribution is -2.54. The lowest BCUT2D eigenvalue weighted by molar-refractivity contribution is 0.0481. The van der Waals surface area contributed by atoms with E-state index >= 15 is 0 Å². The average Bonchev–Trinajstić information content (AvgIpc) is 2.52. The first-order valence-electron chi connectivity index (χ1n) is 10.7. The molecule has 1 aliphatic heterocycles. The lowest BCUT2D eigenvalue weighted by Gasteiger charge is -2.46. The van der Waals surface area contributed by atoms with Gasteiger partial charge in [-0.05, 0) is 69.7 Å². The maximum atomic E-state index is 4.00. The lowest BCUT2D eigenvalue weighted by atomic mass is 9.78. The van der Waals surface area contributed by atoms with E-state index in [2.05, 4.69) is 24.1 Å². The van der Waals surface area contributed by atoms with E-state index in [0.717, 1.165) is 29.8 Å². The van der Waals surface area contributed by atoms with Crippen molar-refractivity contribution >= 4 is 0 Å². The third-order valence-electron chi connectivity index (χ3n) is 7.09. The van der Waals surface area contributed by atoms with E-state index in [4.69, 9.17) is 0 Å². The number of nitrogens with zero attached hydrogens (tertiary/aromatic N) is 1. The summed E-state index contributed by atoms with van der Waals surface area (Å²) in [6.07, 6.45) is 16.0. The van der Waals surface area contributed by atoms with E-state index in [1.54, 1.807) is 0 Å². The molecule has 0 aromatic carbocycles. The van der Waals surface area contributed by atoms with Crippen LogP contribution in [0.3, 0.4) is 0 Å². The molecule has 134 valence electrons. The number of hydrogen-bond acceptors (Lipinski definition) is 2. The standard InChI is InChI=1S/C21H40N2/c1-3-8-19-13-21(22-14-18-9-5-4-6-10-18)16-23(15-19)17(2)20-11-7-12-20/h17-22H,3-16H2,1-2H3. The van der Waals surface area contributed by atoms with Crippen LogP contribution in [-0.4, -0.2) is 36.6 Å². The van der Waals surface area contributed by atoms with Crippen molar-refractivity contribution < 1.29 is 0 Å². The van der Waals surface area contributed by atoms with Crippen molar-refractivity contribution in [1.29, 1.82) is 0 Å². The molecule has 0 aromatic rings. The van der Waals surface area contributed by atoms with E-state index in [-0.39, 0.29) is 0 Å². The summed E-state index contributed by atoms with van der Waals surface area (Å²) >= 11 is 0. The van der Waals surface area contributed by atoms with Gasteiger partial charge in [-0.1, -0.05) is 39.0 Å². The van der Waals surface area contributed by atoms with Crippen LogP contribution in [0.2, 0.25) is 0 Å². The Bertz CT molecular complexity index is 333. The first-order chi connectivity index (χ1) is 11.3. The molecule has 2 heteroatoms. The van der Waals surface area contributed by atoms with Gasteiger partial charge in [0.15, 0.2) is 0 Å². The van der Waals surface area contributed by atoms with Crippen LogP contribution in [0, 0.1) is 17.8 Å². The molecule has 0 aromatic heterocycles. The van der Waals surface area contributed by atoms with Crippen LogP contribution in [0.4, 0.5) is 0 Å². The fraction of sp³-hybridized carbons (Fsp3) is 1.00. The van der Waals surface area contributed by atoms with E-state index in [9.17, 15) is 0 Å². The molecule has 2 saturated carbocycles. The molecule has 0 spiro atoms. The summed E-state index contributed by atoms with van der Waals surface area (Å²) in [5.41, 5.74) is 0. The Balaban J connectivity index is 1.50. The van der Waals surface area contributed by atoms with E-state index in [1.165, 1.54) is 90.3 Å². The molecular weight excluding hydrogens is 280 g/mol. The molecular formula is C21H40N2. The van der Waals surface area contributed by atoms with Crippen molar-refractivity contribution in [3.63, 3.8) is 0 Å². The number of hydrogen-bond donors (Lipinski definition) is 1. The molecule has 1 N–H and O–H groups in total. The van der Waals surface area contributed by atoms with Gasteiger partial charge in [-0.25, -0.2) is 0 Å². The van der Waals surface area contributed by atoms with Gasteiger partial charge in [0.05, 0.1) is 0 Å². The zero-order chi connectivity index (χ0) is 16.1. The Labute approximate surface area is 144 Å². The largest absolute Gasteiger partial charge is 0.312 e. The van der Waals surface area contributed by atoms with Crippen LogP contribution >= 0.6 is 0 Å². The predicted octanol–water partition coefficient (Wildman–Crippen LogP) is 4.84. The van der Waals surface area contributed by atoms with Crippen LogP contribution < -0.4 is 5.32 Å². The van der Waals surface area contributed by atoms with Crippen molar-refractivity contribution in [2.45, 2.75) is 96.6 Å². The van der Waals surface area contributed by atoms with Crippen LogP contribution in [0.25, 0.3) is 0 Å². The second-order valence-electron chi connectivity index (χ2n) is 8.89. The molecule has 2 nitrogen and oxygen atoms in total. The third kappa shape index (κ3) is 4.95. The predicted molar refractivity (Wildman–Crippen MR) is 99.8 cm³/mol. The highest BCUT2D eigenvalue weighted by Crippen LogP contribution is 2.34.